The molecule has 21 heavy (non-hydrogen) atoms. The lowest BCUT2D eigenvalue weighted by Gasteiger charge is -2.08. The number of nitrogens with zero attached hydrogens (tertiary/aromatic N) is 1. The van der Waals surface area contributed by atoms with E-state index in [0.717, 1.165) is 6.07 Å². The fourth-order valence-corrected chi connectivity index (χ4v) is 1.70. The van der Waals surface area contributed by atoms with E-state index in [4.69, 9.17) is 16.0 Å². The number of halogens is 1. The number of hydrogen-bond donors (Lipinski definition) is 4. The number of benzene rings is 2. The molecule has 6 nitrogen and oxygen atoms in total. The van der Waals surface area contributed by atoms with Crippen molar-refractivity contribution in [1.29, 1.82) is 0 Å². The molecule has 0 fully saturated rings. The van der Waals surface area contributed by atoms with Crippen molar-refractivity contribution in [2.75, 3.05) is 5.32 Å². The van der Waals surface area contributed by atoms with Gasteiger partial charge in [-0.25, -0.2) is 4.39 Å². The predicted octanol–water partition coefficient (Wildman–Crippen LogP) is 1.88. The maximum Gasteiger partial charge on any atom is 0.258 e. The minimum Gasteiger partial charge on any atom is -0.508 e. The van der Waals surface area contributed by atoms with Crippen LogP contribution in [0.2, 0.25) is 0 Å². The lowest BCUT2D eigenvalue weighted by molar-refractivity contribution is 0.102. The van der Waals surface area contributed by atoms with Gasteiger partial charge in [0.05, 0.1) is 5.56 Å². The third-order valence-electron chi connectivity index (χ3n) is 2.72. The van der Waals surface area contributed by atoms with Crippen LogP contribution in [0, 0.1) is 5.82 Å². The van der Waals surface area contributed by atoms with Gasteiger partial charge in [0.2, 0.25) is 0 Å². The van der Waals surface area contributed by atoms with Crippen molar-refractivity contribution >= 4 is 17.4 Å². The monoisotopic (exact) mass is 289 g/mol. The highest BCUT2D eigenvalue weighted by molar-refractivity contribution is 6.05. The van der Waals surface area contributed by atoms with Crippen LogP contribution in [0.1, 0.15) is 15.9 Å². The Kier molecular flexibility index (Phi) is 4.03. The highest BCUT2D eigenvalue weighted by Gasteiger charge is 2.13. The molecular weight excluding hydrogens is 277 g/mol. The third kappa shape index (κ3) is 3.27. The average Bonchev–Trinajstić information content (AvgIpc) is 2.46. The number of nitrogens with two attached hydrogens (primary N) is 1. The van der Waals surface area contributed by atoms with Crippen LogP contribution in [0.4, 0.5) is 10.1 Å². The number of hydrogen-bond acceptors (Lipinski definition) is 4. The molecule has 108 valence electrons. The molecule has 0 aromatic heterocycles. The Balaban J connectivity index is 2.23. The van der Waals surface area contributed by atoms with Crippen molar-refractivity contribution in [3.8, 4) is 5.75 Å². The largest absolute Gasteiger partial charge is 0.508 e. The van der Waals surface area contributed by atoms with Crippen LogP contribution < -0.4 is 11.1 Å². The zero-order valence-corrected chi connectivity index (χ0v) is 10.7. The summed E-state index contributed by atoms with van der Waals surface area (Å²) in [4.78, 5) is 12.0. The first-order valence-corrected chi connectivity index (χ1v) is 5.89. The van der Waals surface area contributed by atoms with Gasteiger partial charge in [-0.3, -0.25) is 4.79 Å². The van der Waals surface area contributed by atoms with Crippen molar-refractivity contribution in [3.05, 3.63) is 59.4 Å². The summed E-state index contributed by atoms with van der Waals surface area (Å²) in [5, 5.41) is 23.1. The molecule has 7 heteroatoms. The van der Waals surface area contributed by atoms with Gasteiger partial charge in [-0.1, -0.05) is 17.3 Å². The van der Waals surface area contributed by atoms with Gasteiger partial charge >= 0.3 is 0 Å². The highest BCUT2D eigenvalue weighted by Crippen LogP contribution is 2.17. The molecule has 2 aromatic rings. The molecule has 0 aliphatic heterocycles. The Labute approximate surface area is 119 Å². The number of phenols is 1. The van der Waals surface area contributed by atoms with Crippen molar-refractivity contribution in [2.45, 2.75) is 0 Å². The molecule has 0 saturated carbocycles. The van der Waals surface area contributed by atoms with Gasteiger partial charge in [0.1, 0.15) is 11.6 Å². The van der Waals surface area contributed by atoms with E-state index >= 15 is 0 Å². The summed E-state index contributed by atoms with van der Waals surface area (Å²) in [5.74, 6) is -1.89. The molecule has 0 aliphatic rings. The lowest BCUT2D eigenvalue weighted by Crippen LogP contribution is -2.16. The smallest absolute Gasteiger partial charge is 0.258 e. The van der Waals surface area contributed by atoms with Crippen molar-refractivity contribution in [2.24, 2.45) is 10.9 Å². The van der Waals surface area contributed by atoms with Crippen LogP contribution in [-0.2, 0) is 0 Å². The second kappa shape index (κ2) is 5.91. The summed E-state index contributed by atoms with van der Waals surface area (Å²) in [6.07, 6.45) is 0. The molecule has 0 bridgehead atoms. The number of oxime groups is 1. The maximum absolute atomic E-state index is 13.6. The fourth-order valence-electron chi connectivity index (χ4n) is 1.70. The SMILES string of the molecule is N/C(=N/O)c1cccc(NC(=O)c2ccc(O)cc2F)c1. The van der Waals surface area contributed by atoms with E-state index in [0.29, 0.717) is 11.3 Å². The number of rotatable bonds is 3. The van der Waals surface area contributed by atoms with E-state index in [1.54, 1.807) is 18.2 Å². The zero-order chi connectivity index (χ0) is 15.4. The van der Waals surface area contributed by atoms with Gasteiger partial charge in [-0.2, -0.15) is 0 Å². The molecule has 1 amide bonds. The maximum atomic E-state index is 13.6. The molecule has 2 rings (SSSR count). The zero-order valence-electron chi connectivity index (χ0n) is 10.7. The van der Waals surface area contributed by atoms with Crippen molar-refractivity contribution < 1.29 is 19.5 Å². The highest BCUT2D eigenvalue weighted by atomic mass is 19.1. The minimum absolute atomic E-state index is 0.109. The quantitative estimate of drug-likeness (QED) is 0.299. The van der Waals surface area contributed by atoms with E-state index in [2.05, 4.69) is 10.5 Å². The summed E-state index contributed by atoms with van der Waals surface area (Å²) >= 11 is 0. The van der Waals surface area contributed by atoms with Crippen LogP contribution in [0.25, 0.3) is 0 Å². The first-order chi connectivity index (χ1) is 10.0. The Morgan fingerprint density at radius 1 is 1.24 bits per heavy atom. The number of nitrogens with one attached hydrogen (secondary N) is 1. The first-order valence-electron chi connectivity index (χ1n) is 5.89. The summed E-state index contributed by atoms with van der Waals surface area (Å²) in [6.45, 7) is 0. The second-order valence-corrected chi connectivity index (χ2v) is 4.18. The number of phenolic OH excluding ortho intramolecular Hbond substituents is 1. The first kappa shape index (κ1) is 14.3. The molecule has 0 aliphatic carbocycles. The van der Waals surface area contributed by atoms with Crippen LogP contribution in [0.3, 0.4) is 0 Å². The summed E-state index contributed by atoms with van der Waals surface area (Å²) in [7, 11) is 0. The second-order valence-electron chi connectivity index (χ2n) is 4.18. The van der Waals surface area contributed by atoms with Gasteiger partial charge < -0.3 is 21.4 Å². The number of amides is 1. The number of aromatic hydroxyl groups is 1. The molecule has 5 N–H and O–H groups in total. The predicted molar refractivity (Wildman–Crippen MR) is 75.0 cm³/mol. The van der Waals surface area contributed by atoms with Gasteiger partial charge in [-0.15, -0.1) is 0 Å². The molecule has 0 heterocycles. The van der Waals surface area contributed by atoms with Crippen LogP contribution >= 0.6 is 0 Å². The minimum atomic E-state index is -0.833. The lowest BCUT2D eigenvalue weighted by atomic mass is 10.1. The Hall–Kier alpha value is -3.09. The number of anilines is 1. The van der Waals surface area contributed by atoms with E-state index in [1.165, 1.54) is 18.2 Å². The summed E-state index contributed by atoms with van der Waals surface area (Å²) in [6, 6.07) is 9.47. The Bertz CT molecular complexity index is 716. The number of carbonyl (C=O) groups excluding carboxylic acids is 1. The molecule has 0 spiro atoms. The molecular formula is C14H12FN3O3. The molecule has 0 atom stereocenters. The van der Waals surface area contributed by atoms with E-state index < -0.39 is 11.7 Å². The van der Waals surface area contributed by atoms with Crippen LogP contribution in [0.15, 0.2) is 47.6 Å². The van der Waals surface area contributed by atoms with Crippen molar-refractivity contribution in [1.82, 2.24) is 0 Å². The van der Waals surface area contributed by atoms with Gasteiger partial charge in [0.25, 0.3) is 5.91 Å². The van der Waals surface area contributed by atoms with E-state index in [9.17, 15) is 9.18 Å². The van der Waals surface area contributed by atoms with Gasteiger partial charge in [0.15, 0.2) is 5.84 Å². The third-order valence-corrected chi connectivity index (χ3v) is 2.72. The van der Waals surface area contributed by atoms with Gasteiger partial charge in [0, 0.05) is 17.3 Å². The molecule has 2 aromatic carbocycles. The fraction of sp³-hybridized carbons (Fsp3) is 0. The van der Waals surface area contributed by atoms with Crippen LogP contribution in [-0.4, -0.2) is 22.1 Å². The van der Waals surface area contributed by atoms with Crippen molar-refractivity contribution in [3.63, 3.8) is 0 Å². The normalized spacial score (nSPS) is 11.2. The van der Waals surface area contributed by atoms with Gasteiger partial charge in [-0.05, 0) is 24.3 Å². The standard InChI is InChI=1S/C14H12FN3O3/c15-12-7-10(19)4-5-11(12)14(20)17-9-3-1-2-8(6-9)13(16)18-21/h1-7,19,21H,(H2,16,18)(H,17,20). The molecule has 0 radical (unpaired) electrons. The summed E-state index contributed by atoms with van der Waals surface area (Å²) in [5.41, 5.74) is 6.00. The Morgan fingerprint density at radius 2 is 2.00 bits per heavy atom. The topological polar surface area (TPSA) is 108 Å². The number of carbonyl (C=O) groups is 1. The van der Waals surface area contributed by atoms with E-state index in [1.807, 2.05) is 0 Å². The van der Waals surface area contributed by atoms with E-state index in [-0.39, 0.29) is 17.1 Å². The van der Waals surface area contributed by atoms with Crippen LogP contribution in [0.5, 0.6) is 5.75 Å². The molecule has 0 saturated heterocycles. The number of amidine groups is 1. The Morgan fingerprint density at radius 3 is 2.67 bits per heavy atom. The molecule has 0 unspecified atom stereocenters. The average molecular weight is 289 g/mol. The summed E-state index contributed by atoms with van der Waals surface area (Å²) < 4.78 is 13.6.